The summed E-state index contributed by atoms with van der Waals surface area (Å²) in [5.41, 5.74) is 2.01. The molecule has 2 unspecified atom stereocenters. The monoisotopic (exact) mass is 492 g/mol. The third-order valence-electron chi connectivity index (χ3n) is 6.90. The van der Waals surface area contributed by atoms with Crippen molar-refractivity contribution in [1.82, 2.24) is 10.2 Å². The van der Waals surface area contributed by atoms with Crippen LogP contribution < -0.4 is 5.32 Å². The fourth-order valence-electron chi connectivity index (χ4n) is 4.48. The average Bonchev–Trinajstić information content (AvgIpc) is 2.88. The summed E-state index contributed by atoms with van der Waals surface area (Å²) in [5.74, 6) is -0.857. The largest absolute Gasteiger partial charge is 0.459 e. The molecule has 2 aromatic rings. The molecule has 0 radical (unpaired) electrons. The number of aryl methyl sites for hydroxylation is 1. The first-order chi connectivity index (χ1) is 17.3. The molecule has 1 fully saturated rings. The van der Waals surface area contributed by atoms with Crippen LogP contribution >= 0.6 is 0 Å². The maximum Gasteiger partial charge on any atom is 0.335 e. The highest BCUT2D eigenvalue weighted by atomic mass is 16.6. The predicted octanol–water partition coefficient (Wildman–Crippen LogP) is 5.45. The molecule has 0 saturated carbocycles. The van der Waals surface area contributed by atoms with Crippen LogP contribution in [0.25, 0.3) is 0 Å². The van der Waals surface area contributed by atoms with Crippen molar-refractivity contribution in [2.24, 2.45) is 5.41 Å². The number of β-lactam (4-membered cyclic amide) rings is 1. The van der Waals surface area contributed by atoms with Crippen LogP contribution in [-0.4, -0.2) is 35.1 Å². The predicted molar refractivity (Wildman–Crippen MR) is 138 cm³/mol. The van der Waals surface area contributed by atoms with E-state index in [0.717, 1.165) is 21.6 Å². The number of benzene rings is 2. The topological polar surface area (TPSA) is 84.9 Å². The number of esters is 1. The normalized spacial score (nSPS) is 18.1. The Morgan fingerprint density at radius 1 is 1.11 bits per heavy atom. The van der Waals surface area contributed by atoms with E-state index in [9.17, 15) is 14.4 Å². The molecule has 1 saturated heterocycles. The van der Waals surface area contributed by atoms with E-state index in [1.807, 2.05) is 75.4 Å². The van der Waals surface area contributed by atoms with E-state index in [0.29, 0.717) is 19.3 Å². The van der Waals surface area contributed by atoms with E-state index in [1.54, 1.807) is 13.0 Å². The van der Waals surface area contributed by atoms with Crippen molar-refractivity contribution >= 4 is 17.9 Å². The van der Waals surface area contributed by atoms with Crippen LogP contribution in [0.5, 0.6) is 0 Å². The van der Waals surface area contributed by atoms with Crippen LogP contribution in [0.2, 0.25) is 0 Å². The molecule has 2 aromatic carbocycles. The van der Waals surface area contributed by atoms with Crippen molar-refractivity contribution in [3.63, 3.8) is 0 Å². The number of nitrogens with zero attached hydrogens (tertiary/aromatic N) is 1. The summed E-state index contributed by atoms with van der Waals surface area (Å²) in [4.78, 5) is 40.3. The lowest BCUT2D eigenvalue weighted by Crippen LogP contribution is -2.73. The van der Waals surface area contributed by atoms with Crippen LogP contribution in [0.1, 0.15) is 62.8 Å². The molecular formula is C29H36N2O5. The molecule has 36 heavy (non-hydrogen) atoms. The second-order valence-electron chi connectivity index (χ2n) is 9.20. The standard InChI is InChI=1S/C29H36N2O5/c1-6-12-24(23-17-15-20(4)16-18-23)30-28(34)31-26(33)29(7-2,8-3)27(31)36-21(5)25(32)35-19-22-13-10-9-11-14-22/h6,9-11,13-18,21,24,27H,1,7-8,12,19H2,2-5H3,(H,30,34)/t21?,24-,27?/m1/s1. The zero-order chi connectivity index (χ0) is 26.3. The van der Waals surface area contributed by atoms with Gasteiger partial charge in [-0.2, -0.15) is 0 Å². The Balaban J connectivity index is 1.73. The molecule has 0 aromatic heterocycles. The Bertz CT molecular complexity index is 1060. The molecule has 7 heteroatoms. The van der Waals surface area contributed by atoms with Crippen molar-refractivity contribution < 1.29 is 23.9 Å². The second kappa shape index (κ2) is 12.0. The Kier molecular flexibility index (Phi) is 9.04. The molecule has 1 N–H and O–H groups in total. The molecule has 192 valence electrons. The molecule has 1 aliphatic rings. The zero-order valence-corrected chi connectivity index (χ0v) is 21.5. The first-order valence-corrected chi connectivity index (χ1v) is 12.4. The molecule has 1 aliphatic heterocycles. The van der Waals surface area contributed by atoms with Gasteiger partial charge < -0.3 is 14.8 Å². The van der Waals surface area contributed by atoms with Gasteiger partial charge in [-0.3, -0.25) is 4.79 Å². The van der Waals surface area contributed by atoms with Gasteiger partial charge in [0.25, 0.3) is 0 Å². The summed E-state index contributed by atoms with van der Waals surface area (Å²) >= 11 is 0. The van der Waals surface area contributed by atoms with Gasteiger partial charge in [0.15, 0.2) is 12.3 Å². The highest BCUT2D eigenvalue weighted by Gasteiger charge is 2.62. The average molecular weight is 493 g/mol. The number of carbonyl (C=O) groups is 3. The molecule has 3 rings (SSSR count). The van der Waals surface area contributed by atoms with E-state index in [-0.39, 0.29) is 18.6 Å². The van der Waals surface area contributed by atoms with Gasteiger partial charge in [0.05, 0.1) is 11.5 Å². The molecule has 1 heterocycles. The quantitative estimate of drug-likeness (QED) is 0.256. The Morgan fingerprint density at radius 3 is 2.33 bits per heavy atom. The van der Waals surface area contributed by atoms with E-state index in [1.165, 1.54) is 0 Å². The van der Waals surface area contributed by atoms with Crippen molar-refractivity contribution in [1.29, 1.82) is 0 Å². The van der Waals surface area contributed by atoms with E-state index < -0.39 is 29.7 Å². The number of rotatable bonds is 11. The van der Waals surface area contributed by atoms with Crippen LogP contribution in [0.15, 0.2) is 67.3 Å². The zero-order valence-electron chi connectivity index (χ0n) is 21.5. The minimum absolute atomic E-state index is 0.119. The van der Waals surface area contributed by atoms with Crippen molar-refractivity contribution in [3.05, 3.63) is 83.9 Å². The number of amides is 3. The Hall–Kier alpha value is -3.45. The fraction of sp³-hybridized carbons (Fsp3) is 0.414. The Morgan fingerprint density at radius 2 is 1.75 bits per heavy atom. The van der Waals surface area contributed by atoms with Gasteiger partial charge in [0.2, 0.25) is 5.91 Å². The fourth-order valence-corrected chi connectivity index (χ4v) is 4.48. The summed E-state index contributed by atoms with van der Waals surface area (Å²) in [6, 6.07) is 16.3. The maximum absolute atomic E-state index is 13.3. The van der Waals surface area contributed by atoms with Gasteiger partial charge in [0.1, 0.15) is 6.61 Å². The van der Waals surface area contributed by atoms with Gasteiger partial charge in [-0.25, -0.2) is 14.5 Å². The SMILES string of the molecule is C=CC[C@@H](NC(=O)N1C(=O)C(CC)(CC)C1OC(C)C(=O)OCc1ccccc1)c1ccc(C)cc1. The van der Waals surface area contributed by atoms with Gasteiger partial charge >= 0.3 is 12.0 Å². The number of hydrogen-bond donors (Lipinski definition) is 1. The molecule has 0 bridgehead atoms. The van der Waals surface area contributed by atoms with E-state index in [4.69, 9.17) is 9.47 Å². The van der Waals surface area contributed by atoms with Crippen LogP contribution in [-0.2, 0) is 25.7 Å². The molecular weight excluding hydrogens is 456 g/mol. The lowest BCUT2D eigenvalue weighted by Gasteiger charge is -2.54. The van der Waals surface area contributed by atoms with Crippen LogP contribution in [0, 0.1) is 12.3 Å². The van der Waals surface area contributed by atoms with Crippen LogP contribution in [0.3, 0.4) is 0 Å². The molecule has 0 aliphatic carbocycles. The molecule has 3 amide bonds. The first-order valence-electron chi connectivity index (χ1n) is 12.4. The first kappa shape index (κ1) is 27.1. The van der Waals surface area contributed by atoms with Gasteiger partial charge in [0, 0.05) is 0 Å². The number of urea groups is 1. The van der Waals surface area contributed by atoms with Crippen molar-refractivity contribution in [2.45, 2.75) is 71.9 Å². The van der Waals surface area contributed by atoms with Crippen molar-refractivity contribution in [3.8, 4) is 0 Å². The smallest absolute Gasteiger partial charge is 0.335 e. The summed E-state index contributed by atoms with van der Waals surface area (Å²) in [6.45, 7) is 11.3. The number of imide groups is 1. The van der Waals surface area contributed by atoms with Crippen molar-refractivity contribution in [2.75, 3.05) is 0 Å². The third kappa shape index (κ3) is 5.68. The van der Waals surface area contributed by atoms with Crippen LogP contribution in [0.4, 0.5) is 4.79 Å². The van der Waals surface area contributed by atoms with Gasteiger partial charge in [-0.1, -0.05) is 80.1 Å². The van der Waals surface area contributed by atoms with Gasteiger partial charge in [-0.15, -0.1) is 6.58 Å². The summed E-state index contributed by atoms with van der Waals surface area (Å²) in [5, 5.41) is 2.95. The Labute approximate surface area is 213 Å². The summed E-state index contributed by atoms with van der Waals surface area (Å²) < 4.78 is 11.5. The summed E-state index contributed by atoms with van der Waals surface area (Å²) in [6.07, 6.45) is 1.36. The van der Waals surface area contributed by atoms with E-state index in [2.05, 4.69) is 11.9 Å². The maximum atomic E-state index is 13.3. The molecule has 0 spiro atoms. The number of nitrogens with one attached hydrogen (secondary N) is 1. The minimum atomic E-state index is -0.958. The minimum Gasteiger partial charge on any atom is -0.459 e. The van der Waals surface area contributed by atoms with E-state index >= 15 is 0 Å². The second-order valence-corrected chi connectivity index (χ2v) is 9.20. The lowest BCUT2D eigenvalue weighted by molar-refractivity contribution is -0.225. The highest BCUT2D eigenvalue weighted by molar-refractivity contribution is 6.03. The third-order valence-corrected chi connectivity index (χ3v) is 6.90. The molecule has 7 nitrogen and oxygen atoms in total. The number of ether oxygens (including phenoxy) is 2. The molecule has 3 atom stereocenters. The number of carbonyl (C=O) groups excluding carboxylic acids is 3. The number of likely N-dealkylation sites (tertiary alicyclic amines) is 1. The number of hydrogen-bond acceptors (Lipinski definition) is 5. The lowest BCUT2D eigenvalue weighted by atomic mass is 9.72. The summed E-state index contributed by atoms with van der Waals surface area (Å²) in [7, 11) is 0. The van der Waals surface area contributed by atoms with Gasteiger partial charge in [-0.05, 0) is 44.2 Å². The highest BCUT2D eigenvalue weighted by Crippen LogP contribution is 2.46.